The lowest BCUT2D eigenvalue weighted by Crippen LogP contribution is -1.98. The van der Waals surface area contributed by atoms with Gasteiger partial charge in [0.2, 0.25) is 0 Å². The molecule has 0 unspecified atom stereocenters. The lowest BCUT2D eigenvalue weighted by Gasteiger charge is -1.93. The van der Waals surface area contributed by atoms with E-state index >= 15 is 0 Å². The standard InChI is InChI=1S/C6H5BrO2S.C5H3BrO2S/c1-9-6(8)4-2-3-10-5(4)7;6-4-3(5(7)8)1-2-9-4/h2-3H,1H3;1-2H,(H,7,8). The molecule has 0 aromatic carbocycles. The third kappa shape index (κ3) is 4.72. The number of rotatable bonds is 2. The summed E-state index contributed by atoms with van der Waals surface area (Å²) in [4.78, 5) is 21.1. The largest absolute Gasteiger partial charge is 0.478 e. The summed E-state index contributed by atoms with van der Waals surface area (Å²) >= 11 is 9.16. The highest BCUT2D eigenvalue weighted by Crippen LogP contribution is 2.23. The first-order valence-corrected chi connectivity index (χ1v) is 8.09. The quantitative estimate of drug-likeness (QED) is 0.716. The molecule has 2 rings (SSSR count). The first-order chi connectivity index (χ1) is 8.97. The number of aromatic carboxylic acids is 1. The number of methoxy groups -OCH3 is 1. The molecular weight excluding hydrogens is 420 g/mol. The maximum absolute atomic E-state index is 10.8. The van der Waals surface area contributed by atoms with E-state index in [0.717, 1.165) is 3.79 Å². The van der Waals surface area contributed by atoms with Crippen LogP contribution in [0.1, 0.15) is 20.7 Å². The minimum absolute atomic E-state index is 0.298. The summed E-state index contributed by atoms with van der Waals surface area (Å²) in [6.07, 6.45) is 0. The van der Waals surface area contributed by atoms with Gasteiger partial charge >= 0.3 is 11.9 Å². The Hall–Kier alpha value is -0.700. The number of esters is 1. The molecule has 0 spiro atoms. The van der Waals surface area contributed by atoms with E-state index in [4.69, 9.17) is 5.11 Å². The van der Waals surface area contributed by atoms with Crippen LogP contribution in [-0.4, -0.2) is 24.2 Å². The van der Waals surface area contributed by atoms with Gasteiger partial charge in [0.05, 0.1) is 25.8 Å². The number of carboxylic acid groups (broad SMARTS) is 1. The van der Waals surface area contributed by atoms with Crippen LogP contribution in [0.4, 0.5) is 0 Å². The van der Waals surface area contributed by atoms with Crippen LogP contribution in [0.15, 0.2) is 30.5 Å². The Labute approximate surface area is 134 Å². The van der Waals surface area contributed by atoms with Crippen molar-refractivity contribution in [2.45, 2.75) is 0 Å². The molecule has 0 atom stereocenters. The van der Waals surface area contributed by atoms with Crippen molar-refractivity contribution in [2.75, 3.05) is 7.11 Å². The van der Waals surface area contributed by atoms with Gasteiger partial charge in [0, 0.05) is 0 Å². The van der Waals surface area contributed by atoms with Crippen LogP contribution >= 0.6 is 54.5 Å². The summed E-state index contributed by atoms with van der Waals surface area (Å²) in [5.41, 5.74) is 0.924. The Kier molecular flexibility index (Phi) is 6.70. The highest BCUT2D eigenvalue weighted by Gasteiger charge is 2.09. The van der Waals surface area contributed by atoms with Gasteiger partial charge in [-0.25, -0.2) is 9.59 Å². The van der Waals surface area contributed by atoms with Gasteiger partial charge in [-0.2, -0.15) is 0 Å². The Morgan fingerprint density at radius 3 is 1.84 bits per heavy atom. The fourth-order valence-corrected chi connectivity index (χ4v) is 3.45. The zero-order valence-electron chi connectivity index (χ0n) is 9.55. The normalized spacial score (nSPS) is 9.42. The SMILES string of the molecule is COC(=O)c1ccsc1Br.O=C(O)c1ccsc1Br. The minimum atomic E-state index is -0.886. The van der Waals surface area contributed by atoms with Gasteiger partial charge in [0.1, 0.15) is 0 Å². The topological polar surface area (TPSA) is 63.6 Å². The van der Waals surface area contributed by atoms with E-state index in [9.17, 15) is 9.59 Å². The molecular formula is C11H8Br2O4S2. The van der Waals surface area contributed by atoms with Crippen molar-refractivity contribution in [3.8, 4) is 0 Å². The molecule has 0 saturated heterocycles. The van der Waals surface area contributed by atoms with Crippen LogP contribution in [-0.2, 0) is 4.74 Å². The number of hydrogen-bond acceptors (Lipinski definition) is 5. The second kappa shape index (κ2) is 7.78. The Balaban J connectivity index is 0.000000191. The molecule has 0 aliphatic heterocycles. The maximum Gasteiger partial charge on any atom is 0.339 e. The summed E-state index contributed by atoms with van der Waals surface area (Å²) in [7, 11) is 1.37. The Bertz CT molecular complexity index is 577. The molecule has 1 N–H and O–H groups in total. The minimum Gasteiger partial charge on any atom is -0.478 e. The van der Waals surface area contributed by atoms with Crippen molar-refractivity contribution in [1.29, 1.82) is 0 Å². The van der Waals surface area contributed by atoms with Crippen LogP contribution in [0.3, 0.4) is 0 Å². The lowest BCUT2D eigenvalue weighted by molar-refractivity contribution is 0.0599. The van der Waals surface area contributed by atoms with Crippen LogP contribution in [0.2, 0.25) is 0 Å². The zero-order chi connectivity index (χ0) is 14.4. The van der Waals surface area contributed by atoms with E-state index in [1.165, 1.54) is 29.8 Å². The van der Waals surface area contributed by atoms with Gasteiger partial charge in [-0.3, -0.25) is 0 Å². The molecule has 8 heteroatoms. The first-order valence-electron chi connectivity index (χ1n) is 4.75. The molecule has 2 heterocycles. The van der Waals surface area contributed by atoms with E-state index in [1.54, 1.807) is 17.5 Å². The lowest BCUT2D eigenvalue weighted by atomic mass is 10.4. The zero-order valence-corrected chi connectivity index (χ0v) is 14.4. The molecule has 0 aliphatic rings. The fraction of sp³-hybridized carbons (Fsp3) is 0.0909. The van der Waals surface area contributed by atoms with E-state index in [-0.39, 0.29) is 5.97 Å². The number of carboxylic acids is 1. The van der Waals surface area contributed by atoms with Crippen LogP contribution in [0.5, 0.6) is 0 Å². The molecule has 0 amide bonds. The molecule has 4 nitrogen and oxygen atoms in total. The van der Waals surface area contributed by atoms with Crippen molar-refractivity contribution >= 4 is 66.5 Å². The van der Waals surface area contributed by atoms with Crippen LogP contribution < -0.4 is 0 Å². The number of halogens is 2. The summed E-state index contributed by atoms with van der Waals surface area (Å²) < 4.78 is 6.01. The monoisotopic (exact) mass is 426 g/mol. The fourth-order valence-electron chi connectivity index (χ4n) is 0.995. The molecule has 2 aromatic rings. The first kappa shape index (κ1) is 16.4. The van der Waals surface area contributed by atoms with Gasteiger partial charge in [-0.1, -0.05) is 0 Å². The number of thiophene rings is 2. The highest BCUT2D eigenvalue weighted by molar-refractivity contribution is 9.11. The number of hydrogen-bond donors (Lipinski definition) is 1. The Morgan fingerprint density at radius 1 is 1.11 bits per heavy atom. The highest BCUT2D eigenvalue weighted by atomic mass is 79.9. The smallest absolute Gasteiger partial charge is 0.339 e. The van der Waals surface area contributed by atoms with Crippen LogP contribution in [0.25, 0.3) is 0 Å². The van der Waals surface area contributed by atoms with E-state index < -0.39 is 5.97 Å². The number of carbonyl (C=O) groups excluding carboxylic acids is 1. The van der Waals surface area contributed by atoms with E-state index in [2.05, 4.69) is 36.6 Å². The molecule has 0 bridgehead atoms. The van der Waals surface area contributed by atoms with Crippen LogP contribution in [0, 0.1) is 0 Å². The predicted octanol–water partition coefficient (Wildman–Crippen LogP) is 4.51. The molecule has 2 aromatic heterocycles. The average Bonchev–Trinajstić information content (AvgIpc) is 2.97. The van der Waals surface area contributed by atoms with Crippen molar-refractivity contribution < 1.29 is 19.4 Å². The number of ether oxygens (including phenoxy) is 1. The summed E-state index contributed by atoms with van der Waals surface area (Å²) in [5, 5.41) is 12.0. The summed E-state index contributed by atoms with van der Waals surface area (Å²) in [6.45, 7) is 0. The van der Waals surface area contributed by atoms with Crippen molar-refractivity contribution in [1.82, 2.24) is 0 Å². The molecule has 19 heavy (non-hydrogen) atoms. The maximum atomic E-state index is 10.8. The molecule has 102 valence electrons. The summed E-state index contributed by atoms with van der Waals surface area (Å²) in [5.74, 6) is -1.18. The van der Waals surface area contributed by atoms with E-state index in [0.29, 0.717) is 14.9 Å². The van der Waals surface area contributed by atoms with Gasteiger partial charge in [-0.15, -0.1) is 22.7 Å². The molecule has 0 saturated carbocycles. The molecule has 0 radical (unpaired) electrons. The van der Waals surface area contributed by atoms with Gasteiger partial charge in [0.15, 0.2) is 0 Å². The van der Waals surface area contributed by atoms with E-state index in [1.807, 2.05) is 5.38 Å². The predicted molar refractivity (Wildman–Crippen MR) is 82.3 cm³/mol. The van der Waals surface area contributed by atoms with Gasteiger partial charge in [0.25, 0.3) is 0 Å². The molecule has 0 aliphatic carbocycles. The summed E-state index contributed by atoms with van der Waals surface area (Å²) in [6, 6.07) is 3.29. The molecule has 0 fully saturated rings. The van der Waals surface area contributed by atoms with Crippen molar-refractivity contribution in [2.24, 2.45) is 0 Å². The van der Waals surface area contributed by atoms with Gasteiger partial charge < -0.3 is 9.84 Å². The third-order valence-corrected chi connectivity index (χ3v) is 5.25. The average molecular weight is 428 g/mol. The second-order valence-electron chi connectivity index (χ2n) is 3.01. The van der Waals surface area contributed by atoms with Crippen molar-refractivity contribution in [3.63, 3.8) is 0 Å². The van der Waals surface area contributed by atoms with Gasteiger partial charge in [-0.05, 0) is 54.8 Å². The Morgan fingerprint density at radius 2 is 1.58 bits per heavy atom. The second-order valence-corrected chi connectivity index (χ2v) is 7.48. The number of carbonyl (C=O) groups is 2. The third-order valence-electron chi connectivity index (χ3n) is 1.87. The van der Waals surface area contributed by atoms with Crippen molar-refractivity contribution in [3.05, 3.63) is 41.6 Å².